The van der Waals surface area contributed by atoms with Gasteiger partial charge in [-0.1, -0.05) is 0 Å². The standard InChI is InChI=1S/C23H23F5N2O4/c1-4-33-20(31)22(2,3)34-19-17(24)11-14(12-18(19)25)13-29-9-10-30(21(29)32)16-7-5-15(6-8-16)23(26,27)28/h5-8,11-12H,4,9-10,13H2,1-3H3. The summed E-state index contributed by atoms with van der Waals surface area (Å²) in [5.74, 6) is -3.65. The Hall–Kier alpha value is -3.37. The Kier molecular flexibility index (Phi) is 7.04. The van der Waals surface area contributed by atoms with Crippen LogP contribution in [-0.4, -0.2) is 42.2 Å². The van der Waals surface area contributed by atoms with Gasteiger partial charge in [0, 0.05) is 25.3 Å². The highest BCUT2D eigenvalue weighted by Crippen LogP contribution is 2.32. The number of esters is 1. The quantitative estimate of drug-likeness (QED) is 0.402. The van der Waals surface area contributed by atoms with E-state index >= 15 is 0 Å². The van der Waals surface area contributed by atoms with E-state index in [0.717, 1.165) is 24.3 Å². The van der Waals surface area contributed by atoms with E-state index in [2.05, 4.69) is 0 Å². The van der Waals surface area contributed by atoms with Crippen molar-refractivity contribution in [1.82, 2.24) is 4.90 Å². The number of ether oxygens (including phenoxy) is 2. The van der Waals surface area contributed by atoms with Crippen molar-refractivity contribution in [3.63, 3.8) is 0 Å². The minimum Gasteiger partial charge on any atom is -0.470 e. The molecule has 0 aliphatic carbocycles. The second kappa shape index (κ2) is 9.47. The lowest BCUT2D eigenvalue weighted by Crippen LogP contribution is -2.40. The Morgan fingerprint density at radius 2 is 1.62 bits per heavy atom. The molecule has 184 valence electrons. The van der Waals surface area contributed by atoms with E-state index in [4.69, 9.17) is 9.47 Å². The molecule has 0 saturated carbocycles. The first-order valence-corrected chi connectivity index (χ1v) is 10.4. The molecule has 1 aliphatic rings. The number of hydrogen-bond donors (Lipinski definition) is 0. The number of carbonyl (C=O) groups excluding carboxylic acids is 2. The zero-order valence-corrected chi connectivity index (χ0v) is 18.7. The maximum Gasteiger partial charge on any atom is 0.416 e. The fraction of sp³-hybridized carbons (Fsp3) is 0.391. The number of alkyl halides is 3. The van der Waals surface area contributed by atoms with Gasteiger partial charge in [0.05, 0.1) is 12.2 Å². The molecule has 0 aromatic heterocycles. The minimum atomic E-state index is -4.49. The third-order valence-corrected chi connectivity index (χ3v) is 5.16. The lowest BCUT2D eigenvalue weighted by Gasteiger charge is -2.25. The molecule has 2 aromatic carbocycles. The highest BCUT2D eigenvalue weighted by Gasteiger charge is 2.35. The van der Waals surface area contributed by atoms with Gasteiger partial charge >= 0.3 is 18.2 Å². The zero-order valence-electron chi connectivity index (χ0n) is 18.7. The Bertz CT molecular complexity index is 1050. The lowest BCUT2D eigenvalue weighted by atomic mass is 10.1. The van der Waals surface area contributed by atoms with Gasteiger partial charge in [-0.05, 0) is 62.7 Å². The number of hydrogen-bond acceptors (Lipinski definition) is 4. The summed E-state index contributed by atoms with van der Waals surface area (Å²) < 4.78 is 77.6. The molecule has 0 N–H and O–H groups in total. The van der Waals surface area contributed by atoms with Gasteiger partial charge in [-0.15, -0.1) is 0 Å². The molecular formula is C23H23F5N2O4. The van der Waals surface area contributed by atoms with Crippen LogP contribution in [0.4, 0.5) is 32.4 Å². The van der Waals surface area contributed by atoms with E-state index in [1.165, 1.54) is 35.8 Å². The van der Waals surface area contributed by atoms with Crippen molar-refractivity contribution in [2.24, 2.45) is 0 Å². The van der Waals surface area contributed by atoms with Gasteiger partial charge in [0.2, 0.25) is 0 Å². The van der Waals surface area contributed by atoms with Crippen molar-refractivity contribution in [3.05, 3.63) is 59.2 Å². The summed E-state index contributed by atoms with van der Waals surface area (Å²) in [4.78, 5) is 27.3. The van der Waals surface area contributed by atoms with E-state index in [1.807, 2.05) is 0 Å². The summed E-state index contributed by atoms with van der Waals surface area (Å²) in [6, 6.07) is 5.63. The summed E-state index contributed by atoms with van der Waals surface area (Å²) in [6.45, 7) is 4.56. The number of benzene rings is 2. The van der Waals surface area contributed by atoms with Crippen molar-refractivity contribution in [2.45, 2.75) is 39.1 Å². The normalized spacial score (nSPS) is 14.5. The van der Waals surface area contributed by atoms with Crippen molar-refractivity contribution >= 4 is 17.7 Å². The van der Waals surface area contributed by atoms with Crippen LogP contribution < -0.4 is 9.64 Å². The van der Waals surface area contributed by atoms with E-state index in [1.54, 1.807) is 6.92 Å². The highest BCUT2D eigenvalue weighted by molar-refractivity contribution is 5.94. The number of carbonyl (C=O) groups is 2. The molecule has 0 radical (unpaired) electrons. The largest absolute Gasteiger partial charge is 0.470 e. The lowest BCUT2D eigenvalue weighted by molar-refractivity contribution is -0.159. The number of urea groups is 1. The molecule has 34 heavy (non-hydrogen) atoms. The summed E-state index contributed by atoms with van der Waals surface area (Å²) >= 11 is 0. The molecule has 0 spiro atoms. The molecule has 1 fully saturated rings. The SMILES string of the molecule is CCOC(=O)C(C)(C)Oc1c(F)cc(CN2CCN(c3ccc(C(F)(F)F)cc3)C2=O)cc1F. The first-order chi connectivity index (χ1) is 15.8. The second-order valence-corrected chi connectivity index (χ2v) is 8.12. The summed E-state index contributed by atoms with van der Waals surface area (Å²) in [7, 11) is 0. The average Bonchev–Trinajstić information content (AvgIpc) is 3.10. The van der Waals surface area contributed by atoms with Crippen LogP contribution in [0, 0.1) is 11.6 Å². The molecular weight excluding hydrogens is 463 g/mol. The fourth-order valence-corrected chi connectivity index (χ4v) is 3.42. The minimum absolute atomic E-state index is 0.0723. The molecule has 6 nitrogen and oxygen atoms in total. The zero-order chi connectivity index (χ0) is 25.3. The van der Waals surface area contributed by atoms with Gasteiger partial charge < -0.3 is 14.4 Å². The summed E-state index contributed by atoms with van der Waals surface area (Å²) in [5.41, 5.74) is -2.05. The first-order valence-electron chi connectivity index (χ1n) is 10.4. The summed E-state index contributed by atoms with van der Waals surface area (Å²) in [6.07, 6.45) is -4.49. The Morgan fingerprint density at radius 1 is 1.03 bits per heavy atom. The predicted octanol–water partition coefficient (Wildman–Crippen LogP) is 5.15. The van der Waals surface area contributed by atoms with Gasteiger partial charge in [0.1, 0.15) is 0 Å². The van der Waals surface area contributed by atoms with Gasteiger partial charge in [-0.2, -0.15) is 13.2 Å². The smallest absolute Gasteiger partial charge is 0.416 e. The molecule has 2 amide bonds. The number of anilines is 1. The van der Waals surface area contributed by atoms with E-state index in [-0.39, 0.29) is 37.5 Å². The third-order valence-electron chi connectivity index (χ3n) is 5.16. The first kappa shape index (κ1) is 25.3. The third kappa shape index (κ3) is 5.40. The molecule has 1 heterocycles. The van der Waals surface area contributed by atoms with Gasteiger partial charge in [0.15, 0.2) is 23.0 Å². The number of amides is 2. The molecule has 0 unspecified atom stereocenters. The summed E-state index contributed by atoms with van der Waals surface area (Å²) in [5, 5.41) is 0. The van der Waals surface area contributed by atoms with Crippen LogP contribution >= 0.6 is 0 Å². The Morgan fingerprint density at radius 3 is 2.15 bits per heavy atom. The fourth-order valence-electron chi connectivity index (χ4n) is 3.42. The predicted molar refractivity (Wildman–Crippen MR) is 112 cm³/mol. The average molecular weight is 486 g/mol. The van der Waals surface area contributed by atoms with Crippen molar-refractivity contribution in [1.29, 1.82) is 0 Å². The molecule has 3 rings (SSSR count). The molecule has 1 aliphatic heterocycles. The second-order valence-electron chi connectivity index (χ2n) is 8.12. The van der Waals surface area contributed by atoms with Crippen LogP contribution in [-0.2, 0) is 22.3 Å². The van der Waals surface area contributed by atoms with Crippen LogP contribution in [0.2, 0.25) is 0 Å². The van der Waals surface area contributed by atoms with Crippen LogP contribution in [0.5, 0.6) is 5.75 Å². The van der Waals surface area contributed by atoms with E-state index < -0.39 is 46.7 Å². The number of rotatable bonds is 7. The Balaban J connectivity index is 1.71. The van der Waals surface area contributed by atoms with Crippen molar-refractivity contribution < 1.29 is 41.0 Å². The highest BCUT2D eigenvalue weighted by atomic mass is 19.4. The molecule has 2 aromatic rings. The number of nitrogens with zero attached hydrogens (tertiary/aromatic N) is 2. The van der Waals surface area contributed by atoms with Crippen LogP contribution in [0.25, 0.3) is 0 Å². The van der Waals surface area contributed by atoms with Crippen LogP contribution in [0.3, 0.4) is 0 Å². The molecule has 0 atom stereocenters. The number of halogens is 5. The topological polar surface area (TPSA) is 59.1 Å². The maximum atomic E-state index is 14.6. The monoisotopic (exact) mass is 486 g/mol. The van der Waals surface area contributed by atoms with Gasteiger partial charge in [-0.25, -0.2) is 18.4 Å². The van der Waals surface area contributed by atoms with Gasteiger partial charge in [0.25, 0.3) is 0 Å². The van der Waals surface area contributed by atoms with Crippen LogP contribution in [0.1, 0.15) is 31.9 Å². The molecule has 11 heteroatoms. The van der Waals surface area contributed by atoms with E-state index in [9.17, 15) is 31.5 Å². The van der Waals surface area contributed by atoms with Crippen molar-refractivity contribution in [2.75, 3.05) is 24.6 Å². The molecule has 1 saturated heterocycles. The van der Waals surface area contributed by atoms with Crippen LogP contribution in [0.15, 0.2) is 36.4 Å². The van der Waals surface area contributed by atoms with Crippen molar-refractivity contribution in [3.8, 4) is 5.75 Å². The Labute approximate surface area is 192 Å². The van der Waals surface area contributed by atoms with E-state index in [0.29, 0.717) is 0 Å². The molecule has 0 bridgehead atoms. The maximum absolute atomic E-state index is 14.6. The van der Waals surface area contributed by atoms with Gasteiger partial charge in [-0.3, -0.25) is 4.90 Å².